The average molecular weight is 512 g/mol. The Morgan fingerprint density at radius 1 is 1.16 bits per heavy atom. The zero-order valence-corrected chi connectivity index (χ0v) is 22.7. The maximum atomic E-state index is 12.7. The van der Waals surface area contributed by atoms with E-state index >= 15 is 0 Å². The van der Waals surface area contributed by atoms with E-state index in [9.17, 15) is 9.59 Å². The molecule has 1 heterocycles. The van der Waals surface area contributed by atoms with Gasteiger partial charge in [0.2, 0.25) is 0 Å². The molecule has 0 radical (unpaired) electrons. The molecule has 0 amide bonds. The fourth-order valence-corrected chi connectivity index (χ4v) is 6.57. The van der Waals surface area contributed by atoms with Crippen molar-refractivity contribution < 1.29 is 9.16 Å². The van der Waals surface area contributed by atoms with E-state index in [0.29, 0.717) is 18.8 Å². The van der Waals surface area contributed by atoms with E-state index in [1.165, 1.54) is 0 Å². The number of aromatic amines is 1. The molecular weight excluding hydrogens is 475 g/mol. The van der Waals surface area contributed by atoms with Crippen molar-refractivity contribution >= 4 is 32.3 Å². The van der Waals surface area contributed by atoms with Crippen LogP contribution in [0.25, 0.3) is 0 Å². The minimum absolute atomic E-state index is 0.000739. The predicted molar refractivity (Wildman–Crippen MR) is 131 cm³/mol. The third-order valence-corrected chi connectivity index (χ3v) is 12.6. The number of hydrogen-bond acceptors (Lipinski definition) is 4. The zero-order chi connectivity index (χ0) is 23.4. The van der Waals surface area contributed by atoms with Crippen molar-refractivity contribution in [1.29, 1.82) is 0 Å². The second-order valence-corrected chi connectivity index (χ2v) is 16.7. The van der Waals surface area contributed by atoms with E-state index in [0.717, 1.165) is 14.6 Å². The SMILES string of the molecule is Cc1cccc([Se]c2c(C(C)C)c(=O)[nH]c(=O)n2COCCO[Si](C)(C)C(C)(C)C)c1. The number of H-pyrrole nitrogens is 1. The van der Waals surface area contributed by atoms with E-state index in [1.54, 1.807) is 4.57 Å². The van der Waals surface area contributed by atoms with Gasteiger partial charge in [0.05, 0.1) is 0 Å². The van der Waals surface area contributed by atoms with Gasteiger partial charge < -0.3 is 0 Å². The molecule has 0 saturated carbocycles. The minimum atomic E-state index is -1.84. The molecular formula is C23H36N2O4SeSi. The van der Waals surface area contributed by atoms with Gasteiger partial charge >= 0.3 is 193 Å². The van der Waals surface area contributed by atoms with Crippen LogP contribution in [0.1, 0.15) is 51.7 Å². The van der Waals surface area contributed by atoms with Crippen LogP contribution in [0.15, 0.2) is 33.9 Å². The zero-order valence-electron chi connectivity index (χ0n) is 20.0. The number of nitrogens with zero attached hydrogens (tertiary/aromatic N) is 1. The first-order valence-electron chi connectivity index (χ1n) is 10.7. The van der Waals surface area contributed by atoms with Crippen LogP contribution in [0.3, 0.4) is 0 Å². The molecule has 0 aliphatic carbocycles. The van der Waals surface area contributed by atoms with Crippen LogP contribution in [-0.2, 0) is 15.9 Å². The number of nitrogens with one attached hydrogen (secondary N) is 1. The molecule has 2 rings (SSSR count). The van der Waals surface area contributed by atoms with Gasteiger partial charge in [0, 0.05) is 0 Å². The number of rotatable bonds is 9. The van der Waals surface area contributed by atoms with Crippen molar-refractivity contribution in [3.8, 4) is 0 Å². The molecule has 8 heteroatoms. The monoisotopic (exact) mass is 512 g/mol. The Kier molecular flexibility index (Phi) is 8.70. The van der Waals surface area contributed by atoms with Crippen molar-refractivity contribution in [2.75, 3.05) is 13.2 Å². The Balaban J connectivity index is 2.23. The number of ether oxygens (including phenoxy) is 1. The van der Waals surface area contributed by atoms with Crippen LogP contribution >= 0.6 is 0 Å². The number of benzene rings is 1. The molecule has 0 aliphatic heterocycles. The van der Waals surface area contributed by atoms with Crippen molar-refractivity contribution in [2.45, 2.75) is 72.3 Å². The van der Waals surface area contributed by atoms with Crippen LogP contribution in [-0.4, -0.2) is 46.0 Å². The number of aryl methyl sites for hydroxylation is 1. The Bertz CT molecular complexity index is 1010. The maximum absolute atomic E-state index is 12.7. The van der Waals surface area contributed by atoms with Gasteiger partial charge in [0.1, 0.15) is 0 Å². The van der Waals surface area contributed by atoms with Gasteiger partial charge in [-0.05, 0) is 0 Å². The molecule has 6 nitrogen and oxygen atoms in total. The summed E-state index contributed by atoms with van der Waals surface area (Å²) in [6, 6.07) is 8.19. The van der Waals surface area contributed by atoms with Crippen LogP contribution in [0.2, 0.25) is 18.1 Å². The molecule has 0 fully saturated rings. The summed E-state index contributed by atoms with van der Waals surface area (Å²) >= 11 is -0.194. The molecule has 1 aromatic heterocycles. The Morgan fingerprint density at radius 3 is 2.42 bits per heavy atom. The summed E-state index contributed by atoms with van der Waals surface area (Å²) in [6.07, 6.45) is 0. The second kappa shape index (κ2) is 10.4. The fourth-order valence-electron chi connectivity index (χ4n) is 2.82. The molecule has 31 heavy (non-hydrogen) atoms. The summed E-state index contributed by atoms with van der Waals surface area (Å²) < 4.78 is 15.5. The summed E-state index contributed by atoms with van der Waals surface area (Å²) in [5.74, 6) is -0.000739. The van der Waals surface area contributed by atoms with E-state index in [-0.39, 0.29) is 38.2 Å². The van der Waals surface area contributed by atoms with Gasteiger partial charge in [-0.2, -0.15) is 0 Å². The fraction of sp³-hybridized carbons (Fsp3) is 0.565. The van der Waals surface area contributed by atoms with Crippen molar-refractivity contribution in [2.24, 2.45) is 0 Å². The molecule has 0 saturated heterocycles. The topological polar surface area (TPSA) is 73.3 Å². The van der Waals surface area contributed by atoms with Crippen LogP contribution in [0, 0.1) is 6.92 Å². The van der Waals surface area contributed by atoms with E-state index in [2.05, 4.69) is 44.9 Å². The van der Waals surface area contributed by atoms with E-state index in [4.69, 9.17) is 9.16 Å². The molecule has 0 unspecified atom stereocenters. The molecule has 0 atom stereocenters. The third-order valence-electron chi connectivity index (χ3n) is 5.68. The summed E-state index contributed by atoms with van der Waals surface area (Å²) in [7, 11) is -1.84. The molecule has 172 valence electrons. The summed E-state index contributed by atoms with van der Waals surface area (Å²) in [6.45, 7) is 18.0. The third kappa shape index (κ3) is 6.77. The first-order valence-corrected chi connectivity index (χ1v) is 15.3. The van der Waals surface area contributed by atoms with Gasteiger partial charge in [-0.3, -0.25) is 0 Å². The Labute approximate surface area is 192 Å². The first kappa shape index (κ1) is 25.8. The quantitative estimate of drug-likeness (QED) is 0.415. The summed E-state index contributed by atoms with van der Waals surface area (Å²) in [5.41, 5.74) is 1.08. The van der Waals surface area contributed by atoms with E-state index in [1.807, 2.05) is 39.0 Å². The van der Waals surface area contributed by atoms with Gasteiger partial charge in [0.25, 0.3) is 0 Å². The molecule has 2 aromatic rings. The van der Waals surface area contributed by atoms with E-state index < -0.39 is 14.0 Å². The summed E-state index contributed by atoms with van der Waals surface area (Å²) in [4.78, 5) is 27.7. The molecule has 0 spiro atoms. The van der Waals surface area contributed by atoms with Crippen molar-refractivity contribution in [3.63, 3.8) is 0 Å². The molecule has 1 aromatic carbocycles. The van der Waals surface area contributed by atoms with Crippen LogP contribution in [0.4, 0.5) is 0 Å². The van der Waals surface area contributed by atoms with Crippen molar-refractivity contribution in [3.05, 3.63) is 56.2 Å². The van der Waals surface area contributed by atoms with Gasteiger partial charge in [-0.1, -0.05) is 0 Å². The number of hydrogen-bond donors (Lipinski definition) is 1. The molecule has 0 bridgehead atoms. The Morgan fingerprint density at radius 2 is 1.84 bits per heavy atom. The Hall–Kier alpha value is -1.44. The molecule has 0 aliphatic rings. The van der Waals surface area contributed by atoms with Crippen molar-refractivity contribution in [1.82, 2.24) is 9.55 Å². The van der Waals surface area contributed by atoms with Gasteiger partial charge in [-0.15, -0.1) is 0 Å². The first-order chi connectivity index (χ1) is 14.3. The standard InChI is InChI=1S/C23H36N2O4SeSi/c1-16(2)19-20(26)24-22(27)25(21(19)30-18-11-9-10-17(3)14-18)15-28-12-13-29-31(7,8)23(4,5)6/h9-11,14,16H,12-13,15H2,1-8H3,(H,24,26,27). The predicted octanol–water partition coefficient (Wildman–Crippen LogP) is 2.62. The molecule has 1 N–H and O–H groups in total. The normalized spacial score (nSPS) is 12.5. The summed E-state index contributed by atoms with van der Waals surface area (Å²) in [5, 5.41) is 0.137. The average Bonchev–Trinajstić information content (AvgIpc) is 2.62. The van der Waals surface area contributed by atoms with Crippen LogP contribution < -0.4 is 20.3 Å². The number of aromatic nitrogens is 2. The van der Waals surface area contributed by atoms with Gasteiger partial charge in [0.15, 0.2) is 0 Å². The second-order valence-electron chi connectivity index (χ2n) is 9.63. The van der Waals surface area contributed by atoms with Gasteiger partial charge in [-0.25, -0.2) is 0 Å². The van der Waals surface area contributed by atoms with Crippen LogP contribution in [0.5, 0.6) is 0 Å².